The minimum absolute atomic E-state index is 0.0269. The van der Waals surface area contributed by atoms with Gasteiger partial charge in [-0.25, -0.2) is 14.8 Å². The van der Waals surface area contributed by atoms with E-state index in [4.69, 9.17) is 21.1 Å². The van der Waals surface area contributed by atoms with Crippen molar-refractivity contribution in [1.82, 2.24) is 20.6 Å². The Bertz CT molecular complexity index is 1320. The number of esters is 1. The quantitative estimate of drug-likeness (QED) is 0.467. The average Bonchev–Trinajstić information content (AvgIpc) is 3.44. The lowest BCUT2D eigenvalue weighted by molar-refractivity contribution is -0.147. The molecule has 36 heavy (non-hydrogen) atoms. The van der Waals surface area contributed by atoms with Crippen molar-refractivity contribution in [3.63, 3.8) is 0 Å². The molecular weight excluding hydrogens is 500 g/mol. The maximum atomic E-state index is 12.3. The maximum Gasteiger partial charge on any atom is 0.329 e. The summed E-state index contributed by atoms with van der Waals surface area (Å²) in [6, 6.07) is 5.27. The third kappa shape index (κ3) is 5.39. The van der Waals surface area contributed by atoms with Crippen molar-refractivity contribution in [1.29, 1.82) is 0 Å². The zero-order valence-corrected chi connectivity index (χ0v) is 22.1. The van der Waals surface area contributed by atoms with Gasteiger partial charge in [0.05, 0.1) is 27.6 Å². The van der Waals surface area contributed by atoms with E-state index in [1.807, 2.05) is 18.2 Å². The number of carbonyl (C=O) groups is 2. The Morgan fingerprint density at radius 1 is 1.31 bits per heavy atom. The SMILES string of the molecule is Cc1cc(Cl)cc(-c2ncnc3cc(COC(=O)C4CCC(=O)N4)sc23)c1C[C@@H]1CNCC(C)(C)O1. The molecule has 2 aliphatic heterocycles. The summed E-state index contributed by atoms with van der Waals surface area (Å²) in [7, 11) is 0. The van der Waals surface area contributed by atoms with Gasteiger partial charge >= 0.3 is 5.97 Å². The third-order valence-electron chi connectivity index (χ3n) is 6.53. The fourth-order valence-corrected chi connectivity index (χ4v) is 6.16. The number of halogens is 1. The van der Waals surface area contributed by atoms with Gasteiger partial charge in [0, 0.05) is 41.4 Å². The van der Waals surface area contributed by atoms with Gasteiger partial charge in [0.15, 0.2) is 0 Å². The van der Waals surface area contributed by atoms with E-state index in [-0.39, 0.29) is 24.2 Å². The number of nitrogens with one attached hydrogen (secondary N) is 2. The average molecular weight is 529 g/mol. The molecule has 0 bridgehead atoms. The fraction of sp³-hybridized carbons (Fsp3) is 0.462. The summed E-state index contributed by atoms with van der Waals surface area (Å²) < 4.78 is 12.7. The number of aromatic nitrogens is 2. The number of ether oxygens (including phenoxy) is 2. The molecule has 0 aliphatic carbocycles. The van der Waals surface area contributed by atoms with Crippen LogP contribution in [0.5, 0.6) is 0 Å². The highest BCUT2D eigenvalue weighted by Gasteiger charge is 2.30. The highest BCUT2D eigenvalue weighted by Crippen LogP contribution is 2.37. The standard InChI is InChI=1S/C26H29ClN4O4S/c1-14-6-15(27)7-19(18(14)8-16-10-28-12-26(2,3)35-16)23-24-21(29-13-30-23)9-17(36-24)11-34-25(33)20-4-5-22(32)31-20/h6-7,9,13,16,20,28H,4-5,8,10-12H2,1-3H3,(H,31,32)/t16-,20?/m1/s1. The molecule has 5 rings (SSSR count). The fourth-order valence-electron chi connectivity index (χ4n) is 4.87. The zero-order chi connectivity index (χ0) is 25.4. The number of carbonyl (C=O) groups excluding carboxylic acids is 2. The number of hydrogen-bond donors (Lipinski definition) is 2. The van der Waals surface area contributed by atoms with E-state index >= 15 is 0 Å². The van der Waals surface area contributed by atoms with E-state index in [1.54, 1.807) is 6.33 Å². The Morgan fingerprint density at radius 2 is 2.14 bits per heavy atom. The second kappa shape index (κ2) is 10.0. The predicted molar refractivity (Wildman–Crippen MR) is 139 cm³/mol. The van der Waals surface area contributed by atoms with E-state index < -0.39 is 12.0 Å². The van der Waals surface area contributed by atoms with Crippen LogP contribution in [-0.4, -0.2) is 52.7 Å². The van der Waals surface area contributed by atoms with Crippen molar-refractivity contribution < 1.29 is 19.1 Å². The van der Waals surface area contributed by atoms with Gasteiger partial charge in [-0.05, 0) is 56.5 Å². The molecule has 2 aromatic heterocycles. The lowest BCUT2D eigenvalue weighted by atomic mass is 9.93. The first-order chi connectivity index (χ1) is 17.2. The van der Waals surface area contributed by atoms with Gasteiger partial charge in [0.2, 0.25) is 5.91 Å². The molecule has 3 aromatic rings. The largest absolute Gasteiger partial charge is 0.458 e. The highest BCUT2D eigenvalue weighted by molar-refractivity contribution is 7.19. The predicted octanol–water partition coefficient (Wildman–Crippen LogP) is 3.95. The van der Waals surface area contributed by atoms with Crippen molar-refractivity contribution in [2.75, 3.05) is 13.1 Å². The van der Waals surface area contributed by atoms with Crippen molar-refractivity contribution in [3.05, 3.63) is 45.6 Å². The molecule has 0 spiro atoms. The monoisotopic (exact) mass is 528 g/mol. The van der Waals surface area contributed by atoms with Crippen LogP contribution in [0.3, 0.4) is 0 Å². The van der Waals surface area contributed by atoms with Gasteiger partial charge in [0.25, 0.3) is 0 Å². The normalized spacial score (nSPS) is 21.5. The number of nitrogens with zero attached hydrogens (tertiary/aromatic N) is 2. The Hall–Kier alpha value is -2.59. The summed E-state index contributed by atoms with van der Waals surface area (Å²) in [5, 5.41) is 6.76. The van der Waals surface area contributed by atoms with Crippen molar-refractivity contribution in [2.24, 2.45) is 0 Å². The Kier molecular flexibility index (Phi) is 7.00. The molecule has 1 amide bonds. The van der Waals surface area contributed by atoms with Crippen LogP contribution in [-0.2, 0) is 32.1 Å². The second-order valence-corrected chi connectivity index (χ2v) is 11.6. The lowest BCUT2D eigenvalue weighted by Gasteiger charge is -2.37. The molecule has 0 radical (unpaired) electrons. The first-order valence-corrected chi connectivity index (χ1v) is 13.3. The van der Waals surface area contributed by atoms with Crippen LogP contribution in [0.15, 0.2) is 24.5 Å². The Labute approximate surface area is 218 Å². The highest BCUT2D eigenvalue weighted by atomic mass is 35.5. The van der Waals surface area contributed by atoms with E-state index in [1.165, 1.54) is 11.3 Å². The van der Waals surface area contributed by atoms with Crippen molar-refractivity contribution in [3.8, 4) is 11.3 Å². The van der Waals surface area contributed by atoms with Crippen LogP contribution in [0.2, 0.25) is 5.02 Å². The van der Waals surface area contributed by atoms with Crippen LogP contribution in [0.25, 0.3) is 21.5 Å². The molecular formula is C26H29ClN4O4S. The number of rotatable bonds is 6. The Morgan fingerprint density at radius 3 is 2.89 bits per heavy atom. The molecule has 2 fully saturated rings. The van der Waals surface area contributed by atoms with Gasteiger partial charge in [-0.2, -0.15) is 0 Å². The van der Waals surface area contributed by atoms with Crippen LogP contribution >= 0.6 is 22.9 Å². The number of fused-ring (bicyclic) bond motifs is 1. The van der Waals surface area contributed by atoms with Crippen LogP contribution < -0.4 is 10.6 Å². The van der Waals surface area contributed by atoms with Gasteiger partial charge in [-0.1, -0.05) is 11.6 Å². The van der Waals surface area contributed by atoms with Gasteiger partial charge in [-0.15, -0.1) is 11.3 Å². The summed E-state index contributed by atoms with van der Waals surface area (Å²) >= 11 is 8.00. The van der Waals surface area contributed by atoms with Gasteiger partial charge in [-0.3, -0.25) is 4.79 Å². The maximum absolute atomic E-state index is 12.3. The van der Waals surface area contributed by atoms with Crippen molar-refractivity contribution >= 4 is 45.0 Å². The van der Waals surface area contributed by atoms with Gasteiger partial charge < -0.3 is 20.1 Å². The van der Waals surface area contributed by atoms with E-state index in [2.05, 4.69) is 41.4 Å². The smallest absolute Gasteiger partial charge is 0.329 e. The molecule has 190 valence electrons. The number of amides is 1. The van der Waals surface area contributed by atoms with Crippen molar-refractivity contribution in [2.45, 2.75) is 64.4 Å². The molecule has 0 saturated carbocycles. The van der Waals surface area contributed by atoms with Crippen LogP contribution in [0, 0.1) is 6.92 Å². The van der Waals surface area contributed by atoms with E-state index in [0.717, 1.165) is 57.0 Å². The number of hydrogen-bond acceptors (Lipinski definition) is 8. The molecule has 2 N–H and O–H groups in total. The summed E-state index contributed by atoms with van der Waals surface area (Å²) in [6.07, 6.45) is 3.12. The van der Waals surface area contributed by atoms with E-state index in [9.17, 15) is 9.59 Å². The summed E-state index contributed by atoms with van der Waals surface area (Å²) in [5.41, 5.74) is 4.54. The topological polar surface area (TPSA) is 102 Å². The number of morpholine rings is 1. The lowest BCUT2D eigenvalue weighted by Crippen LogP contribution is -2.51. The first-order valence-electron chi connectivity index (χ1n) is 12.1. The minimum Gasteiger partial charge on any atom is -0.458 e. The summed E-state index contributed by atoms with van der Waals surface area (Å²) in [6.45, 7) is 7.96. The molecule has 1 unspecified atom stereocenters. The summed E-state index contributed by atoms with van der Waals surface area (Å²) in [4.78, 5) is 33.7. The van der Waals surface area contributed by atoms with Gasteiger partial charge in [0.1, 0.15) is 19.0 Å². The molecule has 2 saturated heterocycles. The summed E-state index contributed by atoms with van der Waals surface area (Å²) in [5.74, 6) is -0.536. The molecule has 8 nitrogen and oxygen atoms in total. The Balaban J connectivity index is 1.43. The molecule has 4 heterocycles. The number of benzene rings is 1. The second-order valence-electron chi connectivity index (χ2n) is 10.00. The molecule has 2 aliphatic rings. The molecule has 2 atom stereocenters. The first kappa shape index (κ1) is 25.1. The molecule has 1 aromatic carbocycles. The third-order valence-corrected chi connectivity index (χ3v) is 7.85. The van der Waals surface area contributed by atoms with E-state index in [0.29, 0.717) is 17.9 Å². The number of thiophene rings is 1. The number of aryl methyl sites for hydroxylation is 1. The van der Waals surface area contributed by atoms with Crippen LogP contribution in [0.1, 0.15) is 42.7 Å². The molecule has 10 heteroatoms. The van der Waals surface area contributed by atoms with Crippen LogP contribution in [0.4, 0.5) is 0 Å². The zero-order valence-electron chi connectivity index (χ0n) is 20.5. The minimum atomic E-state index is -0.569.